The van der Waals surface area contributed by atoms with Crippen LogP contribution >= 0.6 is 0 Å². The van der Waals surface area contributed by atoms with Gasteiger partial charge in [-0.2, -0.15) is 0 Å². The maximum atomic E-state index is 13.0. The first-order valence-electron chi connectivity index (χ1n) is 8.37. The summed E-state index contributed by atoms with van der Waals surface area (Å²) in [5, 5.41) is 9.97. The molecular formula is C17H26N2O3Si. The topological polar surface area (TPSA) is 62.7 Å². The van der Waals surface area contributed by atoms with Gasteiger partial charge in [0.05, 0.1) is 11.5 Å². The molecule has 2 unspecified atom stereocenters. The van der Waals surface area contributed by atoms with Gasteiger partial charge in [0, 0.05) is 26.4 Å². The van der Waals surface area contributed by atoms with E-state index < -0.39 is 19.6 Å². The lowest BCUT2D eigenvalue weighted by atomic mass is 9.80. The molecule has 6 heteroatoms. The molecule has 2 heterocycles. The number of aliphatic hydroxyl groups is 1. The third-order valence-electron chi connectivity index (χ3n) is 4.92. The lowest BCUT2D eigenvalue weighted by Gasteiger charge is -2.23. The number of aromatic nitrogens is 1. The second-order valence-electron chi connectivity index (χ2n) is 7.93. The first kappa shape index (κ1) is 16.6. The molecule has 1 aliphatic carbocycles. The Morgan fingerprint density at radius 2 is 2.26 bits per heavy atom. The summed E-state index contributed by atoms with van der Waals surface area (Å²) < 4.78 is 5.79. The van der Waals surface area contributed by atoms with Gasteiger partial charge in [0.2, 0.25) is 5.91 Å². The van der Waals surface area contributed by atoms with Gasteiger partial charge < -0.3 is 9.84 Å². The molecule has 23 heavy (non-hydrogen) atoms. The number of hydrogen-bond acceptors (Lipinski definition) is 4. The maximum Gasteiger partial charge on any atom is 0.240 e. The fourth-order valence-electron chi connectivity index (χ4n) is 3.57. The first-order valence-corrected chi connectivity index (χ1v) is 12.1. The number of carbonyl (C=O) groups is 1. The van der Waals surface area contributed by atoms with Crippen molar-refractivity contribution in [2.45, 2.75) is 56.5 Å². The van der Waals surface area contributed by atoms with Gasteiger partial charge in [0.25, 0.3) is 0 Å². The Balaban J connectivity index is 1.76. The zero-order valence-electron chi connectivity index (χ0n) is 14.2. The molecule has 0 radical (unpaired) electrons. The van der Waals surface area contributed by atoms with E-state index in [4.69, 9.17) is 4.74 Å². The lowest BCUT2D eigenvalue weighted by Crippen LogP contribution is -2.40. The Morgan fingerprint density at radius 1 is 1.48 bits per heavy atom. The van der Waals surface area contributed by atoms with Gasteiger partial charge in [0.15, 0.2) is 0 Å². The van der Waals surface area contributed by atoms with Crippen molar-refractivity contribution in [3.63, 3.8) is 0 Å². The second-order valence-corrected chi connectivity index (χ2v) is 13.6. The number of nitrogens with zero attached hydrogens (tertiary/aromatic N) is 2. The van der Waals surface area contributed by atoms with Gasteiger partial charge >= 0.3 is 0 Å². The third kappa shape index (κ3) is 3.07. The molecule has 1 aliphatic heterocycles. The molecular weight excluding hydrogens is 308 g/mol. The lowest BCUT2D eigenvalue weighted by molar-refractivity contribution is -0.124. The van der Waals surface area contributed by atoms with Gasteiger partial charge in [-0.1, -0.05) is 25.7 Å². The molecule has 0 aromatic carbocycles. The standard InChI is InChI=1S/C17H26N2O3Si/c1-23(2,3)10-9-22-12-19-15-14(5-4-8-18-15)17(16(19)21)7-6-13(20)11-17/h4-5,8,13,20H,6-7,9-12H2,1-3H3. The van der Waals surface area contributed by atoms with E-state index in [-0.39, 0.29) is 12.6 Å². The molecule has 1 aromatic heterocycles. The molecule has 1 spiro atoms. The van der Waals surface area contributed by atoms with Crippen molar-refractivity contribution >= 4 is 19.8 Å². The summed E-state index contributed by atoms with van der Waals surface area (Å²) in [6, 6.07) is 4.92. The van der Waals surface area contributed by atoms with E-state index in [0.717, 1.165) is 11.6 Å². The van der Waals surface area contributed by atoms with Crippen molar-refractivity contribution in [3.05, 3.63) is 23.9 Å². The smallest absolute Gasteiger partial charge is 0.240 e. The molecule has 3 rings (SSSR count). The van der Waals surface area contributed by atoms with Crippen molar-refractivity contribution in [1.82, 2.24) is 4.98 Å². The molecule has 0 bridgehead atoms. The number of ether oxygens (including phenoxy) is 1. The third-order valence-corrected chi connectivity index (χ3v) is 6.62. The zero-order chi connectivity index (χ0) is 16.7. The average Bonchev–Trinajstić information content (AvgIpc) is 2.98. The normalized spacial score (nSPS) is 27.0. The molecule has 1 N–H and O–H groups in total. The highest BCUT2D eigenvalue weighted by atomic mass is 28.3. The zero-order valence-corrected chi connectivity index (χ0v) is 15.2. The Bertz CT molecular complexity index is 602. The minimum absolute atomic E-state index is 0.0377. The van der Waals surface area contributed by atoms with E-state index in [1.165, 1.54) is 0 Å². The van der Waals surface area contributed by atoms with Crippen molar-refractivity contribution in [1.29, 1.82) is 0 Å². The molecule has 1 aromatic rings. The number of carbonyl (C=O) groups excluding carboxylic acids is 1. The summed E-state index contributed by atoms with van der Waals surface area (Å²) in [7, 11) is -1.14. The summed E-state index contributed by atoms with van der Waals surface area (Å²) >= 11 is 0. The van der Waals surface area contributed by atoms with Gasteiger partial charge in [-0.25, -0.2) is 4.98 Å². The highest BCUT2D eigenvalue weighted by Crippen LogP contribution is 2.50. The number of pyridine rings is 1. The molecule has 2 atom stereocenters. The van der Waals surface area contributed by atoms with Crippen LogP contribution in [-0.2, 0) is 14.9 Å². The maximum absolute atomic E-state index is 13.0. The molecule has 2 aliphatic rings. The molecule has 1 amide bonds. The quantitative estimate of drug-likeness (QED) is 0.664. The van der Waals surface area contributed by atoms with Crippen LogP contribution in [0.15, 0.2) is 18.3 Å². The predicted octanol–water partition coefficient (Wildman–Crippen LogP) is 2.52. The molecule has 126 valence electrons. The Kier molecular flexibility index (Phi) is 4.33. The van der Waals surface area contributed by atoms with E-state index >= 15 is 0 Å². The van der Waals surface area contributed by atoms with Crippen LogP contribution in [0.2, 0.25) is 25.7 Å². The van der Waals surface area contributed by atoms with Crippen LogP contribution in [0.1, 0.15) is 24.8 Å². The summed E-state index contributed by atoms with van der Waals surface area (Å²) in [6.45, 7) is 7.86. The van der Waals surface area contributed by atoms with Crippen LogP contribution in [0.5, 0.6) is 0 Å². The van der Waals surface area contributed by atoms with Gasteiger partial charge in [-0.3, -0.25) is 9.69 Å². The van der Waals surface area contributed by atoms with E-state index in [2.05, 4.69) is 24.6 Å². The SMILES string of the molecule is C[Si](C)(C)CCOCN1C(=O)C2(CCC(O)C2)c2cccnc21. The number of hydrogen-bond donors (Lipinski definition) is 1. The van der Waals surface area contributed by atoms with Crippen molar-refractivity contribution in [2.75, 3.05) is 18.2 Å². The van der Waals surface area contributed by atoms with Crippen LogP contribution in [0.3, 0.4) is 0 Å². The molecule has 1 saturated carbocycles. The van der Waals surface area contributed by atoms with Gasteiger partial charge in [-0.05, 0) is 31.4 Å². The van der Waals surface area contributed by atoms with Crippen LogP contribution in [0, 0.1) is 0 Å². The van der Waals surface area contributed by atoms with Crippen LogP contribution in [-0.4, -0.2) is 43.5 Å². The summed E-state index contributed by atoms with van der Waals surface area (Å²) in [6.07, 6.45) is 3.17. The minimum atomic E-state index is -1.14. The number of aliphatic hydroxyl groups excluding tert-OH is 1. The van der Waals surface area contributed by atoms with Crippen molar-refractivity contribution in [2.24, 2.45) is 0 Å². The number of fused-ring (bicyclic) bond motifs is 2. The summed E-state index contributed by atoms with van der Waals surface area (Å²) in [5.41, 5.74) is 0.362. The van der Waals surface area contributed by atoms with E-state index in [0.29, 0.717) is 31.7 Å². The van der Waals surface area contributed by atoms with Crippen LogP contribution in [0.4, 0.5) is 5.82 Å². The van der Waals surface area contributed by atoms with Crippen LogP contribution in [0.25, 0.3) is 0 Å². The number of amides is 1. The highest BCUT2D eigenvalue weighted by Gasteiger charge is 2.55. The van der Waals surface area contributed by atoms with Crippen molar-refractivity contribution in [3.8, 4) is 0 Å². The summed E-state index contributed by atoms with van der Waals surface area (Å²) in [4.78, 5) is 19.1. The molecule has 5 nitrogen and oxygen atoms in total. The first-order chi connectivity index (χ1) is 10.8. The molecule has 1 fully saturated rings. The fraction of sp³-hybridized carbons (Fsp3) is 0.647. The predicted molar refractivity (Wildman–Crippen MR) is 92.2 cm³/mol. The minimum Gasteiger partial charge on any atom is -0.393 e. The number of rotatable bonds is 5. The fourth-order valence-corrected chi connectivity index (χ4v) is 4.32. The average molecular weight is 334 g/mol. The second kappa shape index (κ2) is 6.00. The van der Waals surface area contributed by atoms with E-state index in [1.54, 1.807) is 11.1 Å². The Labute approximate surface area is 138 Å². The van der Waals surface area contributed by atoms with E-state index in [9.17, 15) is 9.90 Å². The highest BCUT2D eigenvalue weighted by molar-refractivity contribution is 6.76. The monoisotopic (exact) mass is 334 g/mol. The van der Waals surface area contributed by atoms with Crippen LogP contribution < -0.4 is 4.90 Å². The Morgan fingerprint density at radius 3 is 2.91 bits per heavy atom. The molecule has 0 saturated heterocycles. The van der Waals surface area contributed by atoms with Gasteiger partial charge in [0.1, 0.15) is 12.5 Å². The largest absolute Gasteiger partial charge is 0.393 e. The van der Waals surface area contributed by atoms with E-state index in [1.807, 2.05) is 12.1 Å². The number of anilines is 1. The Hall–Kier alpha value is -1.24. The summed E-state index contributed by atoms with van der Waals surface area (Å²) in [5.74, 6) is 0.746. The van der Waals surface area contributed by atoms with Crippen molar-refractivity contribution < 1.29 is 14.6 Å². The van der Waals surface area contributed by atoms with Gasteiger partial charge in [-0.15, -0.1) is 0 Å².